The van der Waals surface area contributed by atoms with E-state index in [-0.39, 0.29) is 24.6 Å². The average molecular weight is 216 g/mol. The molecule has 0 amide bonds. The van der Waals surface area contributed by atoms with E-state index in [4.69, 9.17) is 9.47 Å². The molecular formula is C11H20O4. The molecule has 0 heterocycles. The van der Waals surface area contributed by atoms with Crippen LogP contribution in [-0.4, -0.2) is 24.6 Å². The minimum Gasteiger partial charge on any atom is -0.462 e. The first kappa shape index (κ1) is 13.9. The Balaban J connectivity index is 3.82. The van der Waals surface area contributed by atoms with Crippen molar-refractivity contribution >= 4 is 11.9 Å². The maximum Gasteiger partial charge on any atom is 0.306 e. The number of rotatable bonds is 7. The maximum atomic E-state index is 11.2. The molecule has 0 aromatic rings. The van der Waals surface area contributed by atoms with E-state index >= 15 is 0 Å². The Morgan fingerprint density at radius 1 is 1.13 bits per heavy atom. The van der Waals surface area contributed by atoms with Gasteiger partial charge in [-0.25, -0.2) is 0 Å². The van der Waals surface area contributed by atoms with Crippen molar-refractivity contribution in [2.24, 2.45) is 0 Å². The van der Waals surface area contributed by atoms with Crippen molar-refractivity contribution in [1.29, 1.82) is 0 Å². The number of esters is 2. The fourth-order valence-corrected chi connectivity index (χ4v) is 0.972. The summed E-state index contributed by atoms with van der Waals surface area (Å²) in [4.78, 5) is 22.0. The van der Waals surface area contributed by atoms with Crippen LogP contribution in [0.25, 0.3) is 0 Å². The third kappa shape index (κ3) is 6.94. The minimum absolute atomic E-state index is 0.165. The second-order valence-corrected chi connectivity index (χ2v) is 3.31. The molecule has 0 saturated heterocycles. The summed E-state index contributed by atoms with van der Waals surface area (Å²) in [5.74, 6) is -0.489. The summed E-state index contributed by atoms with van der Waals surface area (Å²) in [6, 6.07) is 0. The number of hydrogen-bond acceptors (Lipinski definition) is 4. The smallest absolute Gasteiger partial charge is 0.306 e. The lowest BCUT2D eigenvalue weighted by Gasteiger charge is -2.15. The van der Waals surface area contributed by atoms with Gasteiger partial charge >= 0.3 is 11.9 Å². The molecule has 4 nitrogen and oxygen atoms in total. The summed E-state index contributed by atoms with van der Waals surface area (Å²) < 4.78 is 10.0. The quantitative estimate of drug-likeness (QED) is 0.611. The van der Waals surface area contributed by atoms with E-state index in [1.807, 2.05) is 13.8 Å². The number of ether oxygens (including phenoxy) is 2. The van der Waals surface area contributed by atoms with Crippen LogP contribution >= 0.6 is 0 Å². The molecular weight excluding hydrogens is 196 g/mol. The first-order valence-electron chi connectivity index (χ1n) is 5.49. The predicted molar refractivity (Wildman–Crippen MR) is 56.3 cm³/mol. The molecule has 0 N–H and O–H groups in total. The second-order valence-electron chi connectivity index (χ2n) is 3.31. The molecule has 0 radical (unpaired) electrons. The number of hydrogen-bond donors (Lipinski definition) is 0. The molecule has 4 heteroatoms. The van der Waals surface area contributed by atoms with Gasteiger partial charge < -0.3 is 9.47 Å². The topological polar surface area (TPSA) is 52.6 Å². The standard InChI is InChI=1S/C11H20O4/c1-4-7-11(13)15-9(5-2)8-14-10(12)6-3/h9H,4-8H2,1-3H3. The van der Waals surface area contributed by atoms with E-state index in [0.717, 1.165) is 6.42 Å². The van der Waals surface area contributed by atoms with Crippen LogP contribution < -0.4 is 0 Å². The Hall–Kier alpha value is -1.06. The molecule has 0 aromatic carbocycles. The lowest BCUT2D eigenvalue weighted by Crippen LogP contribution is -2.24. The van der Waals surface area contributed by atoms with Crippen molar-refractivity contribution in [2.75, 3.05) is 6.61 Å². The largest absolute Gasteiger partial charge is 0.462 e. The van der Waals surface area contributed by atoms with Crippen molar-refractivity contribution < 1.29 is 19.1 Å². The number of carbonyl (C=O) groups is 2. The SMILES string of the molecule is CCCC(=O)OC(CC)COC(=O)CC. The average Bonchev–Trinajstić information content (AvgIpc) is 2.23. The van der Waals surface area contributed by atoms with Crippen molar-refractivity contribution in [1.82, 2.24) is 0 Å². The Labute approximate surface area is 90.9 Å². The fourth-order valence-electron chi connectivity index (χ4n) is 0.972. The zero-order valence-electron chi connectivity index (χ0n) is 9.75. The molecule has 88 valence electrons. The van der Waals surface area contributed by atoms with Gasteiger partial charge in [0.2, 0.25) is 0 Å². The summed E-state index contributed by atoms with van der Waals surface area (Å²) in [6.45, 7) is 5.70. The van der Waals surface area contributed by atoms with Crippen LogP contribution in [0.2, 0.25) is 0 Å². The van der Waals surface area contributed by atoms with Crippen molar-refractivity contribution in [3.05, 3.63) is 0 Å². The van der Waals surface area contributed by atoms with Crippen LogP contribution in [0, 0.1) is 0 Å². The van der Waals surface area contributed by atoms with Gasteiger partial charge in [0.25, 0.3) is 0 Å². The van der Waals surface area contributed by atoms with E-state index in [1.165, 1.54) is 0 Å². The third-order valence-electron chi connectivity index (χ3n) is 1.93. The monoisotopic (exact) mass is 216 g/mol. The molecule has 15 heavy (non-hydrogen) atoms. The molecule has 1 unspecified atom stereocenters. The zero-order chi connectivity index (χ0) is 11.7. The van der Waals surface area contributed by atoms with Gasteiger partial charge in [0.1, 0.15) is 12.7 Å². The highest BCUT2D eigenvalue weighted by molar-refractivity contribution is 5.70. The summed E-state index contributed by atoms with van der Waals surface area (Å²) in [5.41, 5.74) is 0. The lowest BCUT2D eigenvalue weighted by molar-refractivity contribution is -0.159. The van der Waals surface area contributed by atoms with Crippen LogP contribution in [0.4, 0.5) is 0 Å². The van der Waals surface area contributed by atoms with Crippen LogP contribution in [0.5, 0.6) is 0 Å². The molecule has 1 atom stereocenters. The van der Waals surface area contributed by atoms with E-state index in [1.54, 1.807) is 6.92 Å². The fraction of sp³-hybridized carbons (Fsp3) is 0.818. The van der Waals surface area contributed by atoms with Crippen LogP contribution in [0.3, 0.4) is 0 Å². The minimum atomic E-state index is -0.306. The van der Waals surface area contributed by atoms with Crippen LogP contribution in [0.15, 0.2) is 0 Å². The van der Waals surface area contributed by atoms with Crippen LogP contribution in [0.1, 0.15) is 46.5 Å². The molecule has 0 rings (SSSR count). The molecule has 0 bridgehead atoms. The molecule has 0 fully saturated rings. The van der Waals surface area contributed by atoms with Crippen molar-refractivity contribution in [3.8, 4) is 0 Å². The summed E-state index contributed by atoms with van der Waals surface area (Å²) >= 11 is 0. The number of carbonyl (C=O) groups excluding carboxylic acids is 2. The van der Waals surface area contributed by atoms with Gasteiger partial charge in [-0.15, -0.1) is 0 Å². The highest BCUT2D eigenvalue weighted by Crippen LogP contribution is 2.03. The highest BCUT2D eigenvalue weighted by atomic mass is 16.6. The van der Waals surface area contributed by atoms with E-state index in [0.29, 0.717) is 19.3 Å². The van der Waals surface area contributed by atoms with Gasteiger partial charge in [0.05, 0.1) is 0 Å². The first-order chi connectivity index (χ1) is 7.13. The van der Waals surface area contributed by atoms with Gasteiger partial charge in [0.15, 0.2) is 0 Å². The normalized spacial score (nSPS) is 11.9. The van der Waals surface area contributed by atoms with Crippen molar-refractivity contribution in [2.45, 2.75) is 52.6 Å². The maximum absolute atomic E-state index is 11.2. The molecule has 0 aliphatic carbocycles. The summed E-state index contributed by atoms with van der Waals surface area (Å²) in [7, 11) is 0. The molecule has 0 spiro atoms. The van der Waals surface area contributed by atoms with E-state index < -0.39 is 0 Å². The van der Waals surface area contributed by atoms with Gasteiger partial charge in [0, 0.05) is 12.8 Å². The predicted octanol–water partition coefficient (Wildman–Crippen LogP) is 2.06. The van der Waals surface area contributed by atoms with Gasteiger partial charge in [-0.05, 0) is 12.8 Å². The lowest BCUT2D eigenvalue weighted by atomic mass is 10.3. The van der Waals surface area contributed by atoms with E-state index in [2.05, 4.69) is 0 Å². The van der Waals surface area contributed by atoms with Gasteiger partial charge in [-0.2, -0.15) is 0 Å². The summed E-state index contributed by atoms with van der Waals surface area (Å²) in [5, 5.41) is 0. The zero-order valence-corrected chi connectivity index (χ0v) is 9.75. The summed E-state index contributed by atoms with van der Waals surface area (Å²) in [6.07, 6.45) is 1.88. The van der Waals surface area contributed by atoms with Gasteiger partial charge in [-0.1, -0.05) is 20.8 Å². The molecule has 0 aliphatic heterocycles. The third-order valence-corrected chi connectivity index (χ3v) is 1.93. The Morgan fingerprint density at radius 3 is 2.27 bits per heavy atom. The first-order valence-corrected chi connectivity index (χ1v) is 5.49. The molecule has 0 saturated carbocycles. The van der Waals surface area contributed by atoms with E-state index in [9.17, 15) is 9.59 Å². The second kappa shape index (κ2) is 8.26. The Kier molecular flexibility index (Phi) is 7.68. The Bertz CT molecular complexity index is 201. The Morgan fingerprint density at radius 2 is 1.80 bits per heavy atom. The highest BCUT2D eigenvalue weighted by Gasteiger charge is 2.13. The molecule has 0 aromatic heterocycles. The molecule has 0 aliphatic rings. The van der Waals surface area contributed by atoms with Crippen LogP contribution in [-0.2, 0) is 19.1 Å². The van der Waals surface area contributed by atoms with Gasteiger partial charge in [-0.3, -0.25) is 9.59 Å². The van der Waals surface area contributed by atoms with Crippen molar-refractivity contribution in [3.63, 3.8) is 0 Å².